The number of nitrogens with zero attached hydrogens (tertiary/aromatic N) is 1. The molecule has 20 heavy (non-hydrogen) atoms. The molecule has 0 aliphatic heterocycles. The van der Waals surface area contributed by atoms with Crippen LogP contribution in [-0.4, -0.2) is 28.1 Å². The predicted molar refractivity (Wildman–Crippen MR) is 74.1 cm³/mol. The van der Waals surface area contributed by atoms with Gasteiger partial charge in [-0.25, -0.2) is 9.37 Å². The van der Waals surface area contributed by atoms with Gasteiger partial charge in [0.15, 0.2) is 0 Å². The summed E-state index contributed by atoms with van der Waals surface area (Å²) in [4.78, 5) is 15.9. The van der Waals surface area contributed by atoms with Crippen LogP contribution in [0.5, 0.6) is 0 Å². The Morgan fingerprint density at radius 3 is 3.10 bits per heavy atom. The number of hydrogen-bond donors (Lipinski definition) is 2. The number of nitrogens with one attached hydrogen (secondary N) is 1. The Balaban J connectivity index is 2.19. The fourth-order valence-corrected chi connectivity index (χ4v) is 3.04. The van der Waals surface area contributed by atoms with E-state index in [9.17, 15) is 14.3 Å². The van der Waals surface area contributed by atoms with Crippen LogP contribution in [0.2, 0.25) is 5.15 Å². The third kappa shape index (κ3) is 3.27. The van der Waals surface area contributed by atoms with Gasteiger partial charge < -0.3 is 10.4 Å². The third-order valence-corrected chi connectivity index (χ3v) is 4.12. The van der Waals surface area contributed by atoms with Crippen molar-refractivity contribution < 1.29 is 14.3 Å². The van der Waals surface area contributed by atoms with Crippen LogP contribution in [0.25, 0.3) is 0 Å². The van der Waals surface area contributed by atoms with E-state index in [0.717, 1.165) is 25.1 Å². The highest BCUT2D eigenvalue weighted by atomic mass is 35.5. The molecule has 1 aliphatic carbocycles. The van der Waals surface area contributed by atoms with Crippen LogP contribution in [0.3, 0.4) is 0 Å². The number of amides is 1. The molecule has 2 atom stereocenters. The van der Waals surface area contributed by atoms with Crippen molar-refractivity contribution in [3.63, 3.8) is 0 Å². The molecule has 0 saturated heterocycles. The molecule has 2 unspecified atom stereocenters. The second-order valence-electron chi connectivity index (χ2n) is 5.59. The summed E-state index contributed by atoms with van der Waals surface area (Å²) in [5, 5.41) is 12.4. The molecule has 0 bridgehead atoms. The van der Waals surface area contributed by atoms with Gasteiger partial charge in [0.05, 0.1) is 23.9 Å². The van der Waals surface area contributed by atoms with Gasteiger partial charge in [0, 0.05) is 0 Å². The zero-order valence-corrected chi connectivity index (χ0v) is 12.1. The molecule has 6 heteroatoms. The van der Waals surface area contributed by atoms with Crippen LogP contribution in [0.4, 0.5) is 4.39 Å². The lowest BCUT2D eigenvalue weighted by molar-refractivity contribution is 0.0696. The first-order chi connectivity index (χ1) is 9.46. The third-order valence-electron chi connectivity index (χ3n) is 3.82. The molecule has 1 saturated carbocycles. The molecular weight excluding hydrogens is 283 g/mol. The fourth-order valence-electron chi connectivity index (χ4n) is 2.85. The summed E-state index contributed by atoms with van der Waals surface area (Å²) in [5.74, 6) is -0.683. The van der Waals surface area contributed by atoms with Crippen LogP contribution < -0.4 is 5.32 Å². The van der Waals surface area contributed by atoms with Gasteiger partial charge in [0.2, 0.25) is 0 Å². The number of carbonyl (C=O) groups excluding carboxylic acids is 1. The Kier molecular flexibility index (Phi) is 4.60. The van der Waals surface area contributed by atoms with Crippen LogP contribution in [-0.2, 0) is 0 Å². The normalized spacial score (nSPS) is 26.3. The van der Waals surface area contributed by atoms with E-state index in [-0.39, 0.29) is 17.3 Å². The van der Waals surface area contributed by atoms with E-state index < -0.39 is 17.3 Å². The average Bonchev–Trinajstić information content (AvgIpc) is 2.41. The van der Waals surface area contributed by atoms with Gasteiger partial charge in [0.1, 0.15) is 11.0 Å². The summed E-state index contributed by atoms with van der Waals surface area (Å²) >= 11 is 5.82. The fraction of sp³-hybridized carbons (Fsp3) is 0.571. The van der Waals surface area contributed by atoms with Gasteiger partial charge in [-0.15, -0.1) is 0 Å². The number of halogens is 2. The van der Waals surface area contributed by atoms with Gasteiger partial charge in [-0.05, 0) is 24.8 Å². The lowest BCUT2D eigenvalue weighted by Crippen LogP contribution is -2.53. The van der Waals surface area contributed by atoms with E-state index in [0.29, 0.717) is 18.8 Å². The molecule has 2 rings (SSSR count). The van der Waals surface area contributed by atoms with Crippen molar-refractivity contribution >= 4 is 17.5 Å². The van der Waals surface area contributed by atoms with E-state index in [1.807, 2.05) is 0 Å². The molecule has 1 aromatic rings. The van der Waals surface area contributed by atoms with E-state index in [1.165, 1.54) is 0 Å². The van der Waals surface area contributed by atoms with Crippen molar-refractivity contribution in [1.82, 2.24) is 10.3 Å². The van der Waals surface area contributed by atoms with Gasteiger partial charge in [-0.1, -0.05) is 31.4 Å². The van der Waals surface area contributed by atoms with Gasteiger partial charge >= 0.3 is 0 Å². The summed E-state index contributed by atoms with van der Waals surface area (Å²) in [6, 6.07) is 1.06. The molecule has 0 radical (unpaired) electrons. The zero-order chi connectivity index (χ0) is 14.8. The Morgan fingerprint density at radius 1 is 1.70 bits per heavy atom. The summed E-state index contributed by atoms with van der Waals surface area (Å²) in [6.07, 6.45) is 4.40. The topological polar surface area (TPSA) is 62.2 Å². The Hall–Kier alpha value is -1.20. The average molecular weight is 301 g/mol. The minimum atomic E-state index is -0.648. The van der Waals surface area contributed by atoms with Crippen molar-refractivity contribution in [3.05, 3.63) is 28.8 Å². The van der Waals surface area contributed by atoms with E-state index in [4.69, 9.17) is 11.6 Å². The number of pyridine rings is 1. The molecule has 0 spiro atoms. The number of aromatic nitrogens is 1. The Morgan fingerprint density at radius 2 is 2.45 bits per heavy atom. The van der Waals surface area contributed by atoms with Crippen LogP contribution in [0.1, 0.15) is 43.0 Å². The number of carbonyl (C=O) groups is 1. The molecule has 2 N–H and O–H groups in total. The van der Waals surface area contributed by atoms with E-state index in [1.54, 1.807) is 0 Å². The van der Waals surface area contributed by atoms with Crippen LogP contribution in [0.15, 0.2) is 12.3 Å². The minimum Gasteiger partial charge on any atom is -0.394 e. The maximum Gasteiger partial charge on any atom is 0.255 e. The first kappa shape index (κ1) is 15.2. The van der Waals surface area contributed by atoms with Gasteiger partial charge in [0.25, 0.3) is 5.91 Å². The van der Waals surface area contributed by atoms with Crippen LogP contribution >= 0.6 is 11.6 Å². The predicted octanol–water partition coefficient (Wildman–Crippen LogP) is 2.55. The van der Waals surface area contributed by atoms with Crippen molar-refractivity contribution in [2.75, 3.05) is 6.61 Å². The van der Waals surface area contributed by atoms with E-state index >= 15 is 0 Å². The maximum atomic E-state index is 13.2. The second kappa shape index (κ2) is 6.06. The molecule has 1 heterocycles. The number of hydrogen-bond acceptors (Lipinski definition) is 3. The molecule has 1 fully saturated rings. The molecule has 4 nitrogen and oxygen atoms in total. The van der Waals surface area contributed by atoms with E-state index in [2.05, 4.69) is 17.2 Å². The SMILES string of the molecule is CC1CCCC(CO)(NC(=O)c2cc(F)cnc2Cl)C1. The molecule has 1 aliphatic rings. The zero-order valence-electron chi connectivity index (χ0n) is 11.3. The molecular formula is C14H18ClFN2O2. The largest absolute Gasteiger partial charge is 0.394 e. The molecule has 1 amide bonds. The molecule has 110 valence electrons. The highest BCUT2D eigenvalue weighted by molar-refractivity contribution is 6.32. The maximum absolute atomic E-state index is 13.2. The second-order valence-corrected chi connectivity index (χ2v) is 5.94. The van der Waals surface area contributed by atoms with Gasteiger partial charge in [-0.3, -0.25) is 4.79 Å². The highest BCUT2D eigenvalue weighted by Crippen LogP contribution is 2.32. The standard InChI is InChI=1S/C14H18ClFN2O2/c1-9-3-2-4-14(6-9,8-19)18-13(20)11-5-10(16)7-17-12(11)15/h5,7,9,19H,2-4,6,8H2,1H3,(H,18,20). The number of aliphatic hydroxyl groups excluding tert-OH is 1. The number of aliphatic hydroxyl groups is 1. The first-order valence-corrected chi connectivity index (χ1v) is 7.08. The lowest BCUT2D eigenvalue weighted by atomic mass is 9.76. The lowest BCUT2D eigenvalue weighted by Gasteiger charge is -2.39. The summed E-state index contributed by atoms with van der Waals surface area (Å²) in [5.41, 5.74) is -0.651. The Labute approximate surface area is 122 Å². The van der Waals surface area contributed by atoms with Gasteiger partial charge in [-0.2, -0.15) is 0 Å². The van der Waals surface area contributed by atoms with Crippen molar-refractivity contribution in [2.45, 2.75) is 38.1 Å². The van der Waals surface area contributed by atoms with Crippen LogP contribution in [0, 0.1) is 11.7 Å². The minimum absolute atomic E-state index is 0.00211. The van der Waals surface area contributed by atoms with Crippen molar-refractivity contribution in [1.29, 1.82) is 0 Å². The molecule has 1 aromatic heterocycles. The summed E-state index contributed by atoms with van der Waals surface area (Å²) in [7, 11) is 0. The monoisotopic (exact) mass is 300 g/mol. The Bertz CT molecular complexity index is 512. The highest BCUT2D eigenvalue weighted by Gasteiger charge is 2.36. The number of rotatable bonds is 3. The van der Waals surface area contributed by atoms with Crippen molar-refractivity contribution in [3.8, 4) is 0 Å². The quantitative estimate of drug-likeness (QED) is 0.843. The van der Waals surface area contributed by atoms with Crippen molar-refractivity contribution in [2.24, 2.45) is 5.92 Å². The summed E-state index contributed by atoms with van der Waals surface area (Å²) < 4.78 is 13.2. The molecule has 0 aromatic carbocycles. The smallest absolute Gasteiger partial charge is 0.255 e. The summed E-state index contributed by atoms with van der Waals surface area (Å²) in [6.45, 7) is 1.95. The first-order valence-electron chi connectivity index (χ1n) is 6.70.